The Morgan fingerprint density at radius 2 is 1.97 bits per heavy atom. The summed E-state index contributed by atoms with van der Waals surface area (Å²) in [6, 6.07) is 4.79. The van der Waals surface area contributed by atoms with E-state index in [1.807, 2.05) is 6.92 Å². The van der Waals surface area contributed by atoms with Gasteiger partial charge in [-0.3, -0.25) is 9.59 Å². The van der Waals surface area contributed by atoms with Crippen molar-refractivity contribution < 1.29 is 27.5 Å². The van der Waals surface area contributed by atoms with Crippen LogP contribution < -0.4 is 0 Å². The minimum atomic E-state index is -4.36. The molecule has 0 unspecified atom stereocenters. The molecule has 0 aromatic heterocycles. The molecule has 1 fully saturated rings. The zero-order chi connectivity index (χ0) is 22.5. The van der Waals surface area contributed by atoms with Crippen LogP contribution in [-0.2, 0) is 26.9 Å². The molecule has 30 heavy (non-hydrogen) atoms. The monoisotopic (exact) mass is 443 g/mol. The second-order valence-corrected chi connectivity index (χ2v) is 8.59. The summed E-state index contributed by atoms with van der Waals surface area (Å²) in [5.74, 6) is -0.955. The number of benzene rings is 1. The molecule has 1 amide bonds. The predicted molar refractivity (Wildman–Crippen MR) is 112 cm³/mol. The minimum Gasteiger partial charge on any atom is -0.485 e. The molecule has 0 saturated carbocycles. The first-order chi connectivity index (χ1) is 14.0. The van der Waals surface area contributed by atoms with Gasteiger partial charge in [0.1, 0.15) is 6.04 Å². The molecule has 0 aliphatic carbocycles. The van der Waals surface area contributed by atoms with Crippen molar-refractivity contribution in [3.63, 3.8) is 0 Å². The molecule has 1 aromatic rings. The largest absolute Gasteiger partial charge is 0.485 e. The number of rotatable bonds is 8. The molecule has 166 valence electrons. The molecule has 0 N–H and O–H groups in total. The third kappa shape index (κ3) is 6.03. The van der Waals surface area contributed by atoms with Gasteiger partial charge < -0.3 is 9.64 Å². The molecule has 1 aliphatic rings. The summed E-state index contributed by atoms with van der Waals surface area (Å²) in [7, 11) is 0. The van der Waals surface area contributed by atoms with Crippen molar-refractivity contribution in [2.45, 2.75) is 65.1 Å². The normalized spacial score (nSPS) is 17.1. The Balaban J connectivity index is 1.87. The van der Waals surface area contributed by atoms with Gasteiger partial charge in [0.25, 0.3) is 5.91 Å². The molecule has 4 nitrogen and oxygen atoms in total. The number of hydrogen-bond donors (Lipinski definition) is 0. The van der Waals surface area contributed by atoms with E-state index in [1.54, 1.807) is 19.9 Å². The van der Waals surface area contributed by atoms with Crippen molar-refractivity contribution in [2.24, 2.45) is 5.41 Å². The summed E-state index contributed by atoms with van der Waals surface area (Å²) in [6.07, 6.45) is -1.52. The Morgan fingerprint density at radius 1 is 1.27 bits per heavy atom. The third-order valence-corrected chi connectivity index (χ3v) is 5.98. The lowest BCUT2D eigenvalue weighted by Crippen LogP contribution is -2.47. The van der Waals surface area contributed by atoms with E-state index in [2.05, 4.69) is 0 Å². The molecule has 0 bridgehead atoms. The molecular weight excluding hydrogens is 415 g/mol. The Kier molecular flexibility index (Phi) is 8.02. The predicted octanol–water partition coefficient (Wildman–Crippen LogP) is 4.98. The number of Topliss-reactive ketones (excluding diaryl/α,β-unsaturated/α-hetero) is 1. The number of halogens is 3. The number of carbonyl (C=O) groups excluding carboxylic acids is 2. The van der Waals surface area contributed by atoms with Crippen LogP contribution in [0.25, 0.3) is 0 Å². The summed E-state index contributed by atoms with van der Waals surface area (Å²) in [5.41, 5.74) is -0.821. The van der Waals surface area contributed by atoms with Gasteiger partial charge in [-0.25, -0.2) is 0 Å². The highest BCUT2D eigenvalue weighted by molar-refractivity contribution is 7.80. The molecule has 1 heterocycles. The van der Waals surface area contributed by atoms with Gasteiger partial charge in [0.05, 0.1) is 12.2 Å². The maximum atomic E-state index is 12.8. The van der Waals surface area contributed by atoms with E-state index in [0.29, 0.717) is 37.8 Å². The van der Waals surface area contributed by atoms with Crippen molar-refractivity contribution >= 4 is 29.0 Å². The van der Waals surface area contributed by atoms with Crippen LogP contribution in [0.3, 0.4) is 0 Å². The standard InChI is InChI=1S/C22H28F3NO3S/c1-4-21(2,3)18(27)19(28)26-12-6-11-17(26)20(30)29-13-7-9-15-8-5-10-16(14-15)22(23,24)25/h5,8,10,14,17H,4,6-7,9,11-13H2,1-3H3/t17-/m0/s1. The number of ether oxygens (including phenoxy) is 1. The number of likely N-dealkylation sites (tertiary alicyclic amines) is 1. The van der Waals surface area contributed by atoms with Gasteiger partial charge in [-0.15, -0.1) is 0 Å². The van der Waals surface area contributed by atoms with E-state index in [0.717, 1.165) is 18.6 Å². The zero-order valence-corrected chi connectivity index (χ0v) is 18.4. The first kappa shape index (κ1) is 24.3. The van der Waals surface area contributed by atoms with E-state index in [1.165, 1.54) is 11.0 Å². The summed E-state index contributed by atoms with van der Waals surface area (Å²) in [5, 5.41) is 0.256. The van der Waals surface area contributed by atoms with Gasteiger partial charge in [-0.1, -0.05) is 39.0 Å². The molecule has 1 aromatic carbocycles. The SMILES string of the molecule is CCC(C)(C)C(=O)C(=O)N1CCC[C@H]1C(=S)OCCCc1cccc(C(F)(F)F)c1. The first-order valence-corrected chi connectivity index (χ1v) is 10.6. The lowest BCUT2D eigenvalue weighted by molar-refractivity contribution is -0.149. The average Bonchev–Trinajstić information content (AvgIpc) is 3.19. The van der Waals surface area contributed by atoms with Gasteiger partial charge in [0, 0.05) is 12.0 Å². The Bertz CT molecular complexity index is 792. The van der Waals surface area contributed by atoms with E-state index in [4.69, 9.17) is 17.0 Å². The van der Waals surface area contributed by atoms with Crippen LogP contribution in [0.1, 0.15) is 57.6 Å². The Morgan fingerprint density at radius 3 is 2.60 bits per heavy atom. The Hall–Kier alpha value is -1.96. The third-order valence-electron chi connectivity index (χ3n) is 5.59. The molecule has 0 spiro atoms. The Labute approximate surface area is 180 Å². The maximum absolute atomic E-state index is 12.8. The van der Waals surface area contributed by atoms with E-state index < -0.39 is 34.9 Å². The number of amides is 1. The summed E-state index contributed by atoms with van der Waals surface area (Å²) in [4.78, 5) is 26.7. The van der Waals surface area contributed by atoms with Crippen LogP contribution in [0.4, 0.5) is 13.2 Å². The van der Waals surface area contributed by atoms with Crippen molar-refractivity contribution in [2.75, 3.05) is 13.2 Å². The molecule has 1 atom stereocenters. The summed E-state index contributed by atoms with van der Waals surface area (Å²) in [6.45, 7) is 6.07. The lowest BCUT2D eigenvalue weighted by Gasteiger charge is -2.28. The van der Waals surface area contributed by atoms with Crippen molar-refractivity contribution in [3.8, 4) is 0 Å². The number of aryl methyl sites for hydroxylation is 1. The van der Waals surface area contributed by atoms with Crippen molar-refractivity contribution in [3.05, 3.63) is 35.4 Å². The fraction of sp³-hybridized carbons (Fsp3) is 0.591. The average molecular weight is 444 g/mol. The van der Waals surface area contributed by atoms with Crippen LogP contribution in [0.5, 0.6) is 0 Å². The van der Waals surface area contributed by atoms with Gasteiger partial charge in [0.2, 0.25) is 5.78 Å². The van der Waals surface area contributed by atoms with Crippen LogP contribution >= 0.6 is 12.2 Å². The number of alkyl halides is 3. The van der Waals surface area contributed by atoms with Crippen LogP contribution in [0.2, 0.25) is 0 Å². The number of hydrogen-bond acceptors (Lipinski definition) is 4. The quantitative estimate of drug-likeness (QED) is 0.323. The summed E-state index contributed by atoms with van der Waals surface area (Å²) >= 11 is 5.34. The molecule has 1 saturated heterocycles. The fourth-order valence-electron chi connectivity index (χ4n) is 3.28. The smallest absolute Gasteiger partial charge is 0.416 e. The van der Waals surface area contributed by atoms with Gasteiger partial charge in [-0.05, 0) is 56.0 Å². The van der Waals surface area contributed by atoms with E-state index in [9.17, 15) is 22.8 Å². The molecular formula is C22H28F3NO3S. The first-order valence-electron chi connectivity index (χ1n) is 10.2. The number of carbonyl (C=O) groups is 2. The fourth-order valence-corrected chi connectivity index (χ4v) is 3.61. The highest BCUT2D eigenvalue weighted by Crippen LogP contribution is 2.30. The highest BCUT2D eigenvalue weighted by Gasteiger charge is 2.40. The lowest BCUT2D eigenvalue weighted by atomic mass is 9.84. The van der Waals surface area contributed by atoms with E-state index in [-0.39, 0.29) is 11.7 Å². The molecule has 2 rings (SSSR count). The maximum Gasteiger partial charge on any atom is 0.416 e. The van der Waals surface area contributed by atoms with Gasteiger partial charge in [-0.2, -0.15) is 13.2 Å². The molecule has 1 aliphatic heterocycles. The van der Waals surface area contributed by atoms with Crippen LogP contribution in [0, 0.1) is 5.41 Å². The second-order valence-electron chi connectivity index (χ2n) is 8.19. The topological polar surface area (TPSA) is 46.6 Å². The zero-order valence-electron chi connectivity index (χ0n) is 17.6. The molecule has 0 radical (unpaired) electrons. The van der Waals surface area contributed by atoms with Crippen molar-refractivity contribution in [1.82, 2.24) is 4.90 Å². The number of nitrogens with zero attached hydrogens (tertiary/aromatic N) is 1. The minimum absolute atomic E-state index is 0.238. The second kappa shape index (κ2) is 9.90. The van der Waals surface area contributed by atoms with E-state index >= 15 is 0 Å². The molecule has 8 heteroatoms. The van der Waals surface area contributed by atoms with Crippen molar-refractivity contribution in [1.29, 1.82) is 0 Å². The number of thiocarbonyl (C=S) groups is 1. The summed E-state index contributed by atoms with van der Waals surface area (Å²) < 4.78 is 44.0. The van der Waals surface area contributed by atoms with Gasteiger partial charge >= 0.3 is 6.18 Å². The van der Waals surface area contributed by atoms with Crippen LogP contribution in [-0.4, -0.2) is 40.8 Å². The van der Waals surface area contributed by atoms with Crippen LogP contribution in [0.15, 0.2) is 24.3 Å². The number of ketones is 1. The highest BCUT2D eigenvalue weighted by atomic mass is 32.1. The van der Waals surface area contributed by atoms with Gasteiger partial charge in [0.15, 0.2) is 5.05 Å².